The number of aromatic nitrogens is 4. The molecule has 3 N–H and O–H groups in total. The molecule has 0 saturated carbocycles. The number of aliphatic hydroxyl groups excluding tert-OH is 1. The maximum absolute atomic E-state index is 11.9. The third-order valence-corrected chi connectivity index (χ3v) is 4.24. The number of H-pyrrole nitrogens is 1. The summed E-state index contributed by atoms with van der Waals surface area (Å²) in [4.78, 5) is 26.4. The second kappa shape index (κ2) is 5.85. The fourth-order valence-corrected chi connectivity index (χ4v) is 3.28. The molecule has 134 valence electrons. The van der Waals surface area contributed by atoms with Crippen molar-refractivity contribution in [3.05, 3.63) is 22.0 Å². The van der Waals surface area contributed by atoms with Gasteiger partial charge >= 0.3 is 0 Å². The van der Waals surface area contributed by atoms with Crippen molar-refractivity contribution in [1.29, 1.82) is 0 Å². The lowest BCUT2D eigenvalue weighted by Crippen LogP contribution is -2.35. The van der Waals surface area contributed by atoms with E-state index in [4.69, 9.17) is 25.8 Å². The van der Waals surface area contributed by atoms with Crippen LogP contribution in [-0.4, -0.2) is 62.0 Å². The molecule has 4 heterocycles. The number of nitrogens with zero attached hydrogens (tertiary/aromatic N) is 3. The third-order valence-electron chi connectivity index (χ3n) is 4.07. The molecule has 0 unspecified atom stereocenters. The molecule has 2 saturated heterocycles. The topological polar surface area (TPSA) is 131 Å². The van der Waals surface area contributed by atoms with Crippen molar-refractivity contribution < 1.29 is 19.3 Å². The predicted octanol–water partition coefficient (Wildman–Crippen LogP) is 0.0157. The van der Waals surface area contributed by atoms with Crippen molar-refractivity contribution >= 4 is 28.5 Å². The van der Waals surface area contributed by atoms with Crippen molar-refractivity contribution in [2.24, 2.45) is 0 Å². The van der Waals surface area contributed by atoms with Gasteiger partial charge in [0.1, 0.15) is 23.8 Å². The van der Waals surface area contributed by atoms with Crippen LogP contribution in [0.1, 0.15) is 13.8 Å². The molecule has 25 heavy (non-hydrogen) atoms. The van der Waals surface area contributed by atoms with Crippen molar-refractivity contribution in [2.75, 3.05) is 11.9 Å². The van der Waals surface area contributed by atoms with Crippen molar-refractivity contribution in [3.63, 3.8) is 0 Å². The molecule has 2 aromatic heterocycles. The summed E-state index contributed by atoms with van der Waals surface area (Å²) in [6.07, 6.45) is -0.876. The summed E-state index contributed by atoms with van der Waals surface area (Å²) < 4.78 is 17.4. The van der Waals surface area contributed by atoms with Gasteiger partial charge in [0, 0.05) is 0 Å². The van der Waals surface area contributed by atoms with Crippen molar-refractivity contribution in [2.45, 2.75) is 44.2 Å². The van der Waals surface area contributed by atoms with E-state index in [-0.39, 0.29) is 28.7 Å². The Morgan fingerprint density at radius 2 is 2.08 bits per heavy atom. The molecule has 0 amide bonds. The SMILES string of the molecule is CC1(C)O[C@@H]2[C@H](O1)[C@@H](CO)O[C@H]2Nc1nc(Cl)nc2c(=O)[nH]cnc12. The van der Waals surface area contributed by atoms with E-state index < -0.39 is 35.9 Å². The average Bonchev–Trinajstić information content (AvgIpc) is 3.02. The van der Waals surface area contributed by atoms with E-state index >= 15 is 0 Å². The van der Waals surface area contributed by atoms with Gasteiger partial charge in [-0.05, 0) is 25.4 Å². The van der Waals surface area contributed by atoms with E-state index in [9.17, 15) is 9.90 Å². The molecule has 11 heteroatoms. The van der Waals surface area contributed by atoms with E-state index in [2.05, 4.69) is 25.3 Å². The van der Waals surface area contributed by atoms with Crippen molar-refractivity contribution in [1.82, 2.24) is 19.9 Å². The summed E-state index contributed by atoms with van der Waals surface area (Å²) >= 11 is 5.91. The van der Waals surface area contributed by atoms with Crippen LogP contribution in [0.5, 0.6) is 0 Å². The van der Waals surface area contributed by atoms with E-state index in [1.807, 2.05) is 0 Å². The fourth-order valence-electron chi connectivity index (χ4n) is 3.11. The number of fused-ring (bicyclic) bond motifs is 2. The highest BCUT2D eigenvalue weighted by Gasteiger charge is 2.55. The van der Waals surface area contributed by atoms with Gasteiger partial charge in [0.15, 0.2) is 23.3 Å². The first-order valence-corrected chi connectivity index (χ1v) is 8.05. The van der Waals surface area contributed by atoms with Gasteiger partial charge in [-0.2, -0.15) is 4.98 Å². The second-order valence-electron chi connectivity index (χ2n) is 6.26. The highest BCUT2D eigenvalue weighted by Crippen LogP contribution is 2.39. The van der Waals surface area contributed by atoms with Gasteiger partial charge in [-0.25, -0.2) is 9.97 Å². The highest BCUT2D eigenvalue weighted by molar-refractivity contribution is 6.28. The molecule has 0 bridgehead atoms. The molecule has 2 aliphatic rings. The Hall–Kier alpha value is -1.85. The lowest BCUT2D eigenvalue weighted by atomic mass is 10.1. The number of ether oxygens (including phenoxy) is 3. The molecule has 4 rings (SSSR count). The molecule has 2 aromatic rings. The van der Waals surface area contributed by atoms with E-state index in [0.29, 0.717) is 0 Å². The summed E-state index contributed by atoms with van der Waals surface area (Å²) in [5.74, 6) is -0.565. The summed E-state index contributed by atoms with van der Waals surface area (Å²) in [5.41, 5.74) is -0.126. The number of hydrogen-bond acceptors (Lipinski definition) is 9. The van der Waals surface area contributed by atoms with Gasteiger partial charge in [0.2, 0.25) is 5.28 Å². The van der Waals surface area contributed by atoms with Crippen LogP contribution in [0, 0.1) is 0 Å². The van der Waals surface area contributed by atoms with Gasteiger partial charge in [-0.1, -0.05) is 0 Å². The molecular formula is C14H16ClN5O5. The predicted molar refractivity (Wildman–Crippen MR) is 86.2 cm³/mol. The van der Waals surface area contributed by atoms with E-state index in [1.165, 1.54) is 6.33 Å². The Labute approximate surface area is 146 Å². The minimum absolute atomic E-state index is 0.0576. The van der Waals surface area contributed by atoms with Crippen LogP contribution in [0.4, 0.5) is 5.82 Å². The molecule has 2 aliphatic heterocycles. The van der Waals surface area contributed by atoms with Crippen LogP contribution in [0.15, 0.2) is 11.1 Å². The van der Waals surface area contributed by atoms with E-state index in [0.717, 1.165) is 0 Å². The van der Waals surface area contributed by atoms with Gasteiger partial charge in [-0.3, -0.25) is 4.79 Å². The van der Waals surface area contributed by atoms with Crippen LogP contribution in [0.2, 0.25) is 5.28 Å². The lowest BCUT2D eigenvalue weighted by Gasteiger charge is -2.24. The summed E-state index contributed by atoms with van der Waals surface area (Å²) in [7, 11) is 0. The number of nitrogens with one attached hydrogen (secondary N) is 2. The summed E-state index contributed by atoms with van der Waals surface area (Å²) in [6.45, 7) is 3.35. The Balaban J connectivity index is 1.70. The number of halogens is 1. The maximum atomic E-state index is 11.9. The zero-order valence-corrected chi connectivity index (χ0v) is 14.1. The summed E-state index contributed by atoms with van der Waals surface area (Å²) in [6, 6.07) is 0. The van der Waals surface area contributed by atoms with Crippen LogP contribution in [0.25, 0.3) is 11.0 Å². The highest BCUT2D eigenvalue weighted by atomic mass is 35.5. The Morgan fingerprint density at radius 1 is 1.32 bits per heavy atom. The van der Waals surface area contributed by atoms with Gasteiger partial charge in [-0.15, -0.1) is 0 Å². The van der Waals surface area contributed by atoms with Crippen LogP contribution in [-0.2, 0) is 14.2 Å². The zero-order chi connectivity index (χ0) is 17.8. The zero-order valence-electron chi connectivity index (χ0n) is 13.4. The van der Waals surface area contributed by atoms with Crippen LogP contribution < -0.4 is 10.9 Å². The molecule has 0 spiro atoms. The quantitative estimate of drug-likeness (QED) is 0.640. The van der Waals surface area contributed by atoms with Gasteiger partial charge in [0.05, 0.1) is 12.9 Å². The smallest absolute Gasteiger partial charge is 0.277 e. The molecule has 2 fully saturated rings. The molecule has 4 atom stereocenters. The van der Waals surface area contributed by atoms with Crippen molar-refractivity contribution in [3.8, 4) is 0 Å². The maximum Gasteiger partial charge on any atom is 0.277 e. The summed E-state index contributed by atoms with van der Waals surface area (Å²) in [5, 5.41) is 12.5. The minimum atomic E-state index is -0.798. The average molecular weight is 370 g/mol. The van der Waals surface area contributed by atoms with Crippen LogP contribution >= 0.6 is 11.6 Å². The standard InChI is InChI=1S/C14H16ClN5O5/c1-14(2)24-8-5(3-21)23-12(9(8)25-14)19-10-6-7(18-13(15)20-10)11(22)17-4-16-6/h4-5,8-9,12,21H,3H2,1-2H3,(H,16,17,22)(H,18,19,20)/t5-,8-,9-,12-/m1/s1. The molecule has 10 nitrogen and oxygen atoms in total. The number of anilines is 1. The number of aliphatic hydroxyl groups is 1. The first-order valence-electron chi connectivity index (χ1n) is 7.67. The first-order chi connectivity index (χ1) is 11.9. The number of rotatable bonds is 3. The van der Waals surface area contributed by atoms with E-state index in [1.54, 1.807) is 13.8 Å². The van der Waals surface area contributed by atoms with Crippen LogP contribution in [0.3, 0.4) is 0 Å². The fraction of sp³-hybridized carbons (Fsp3) is 0.571. The molecule has 0 aliphatic carbocycles. The van der Waals surface area contributed by atoms with Gasteiger partial charge < -0.3 is 29.6 Å². The first kappa shape index (κ1) is 16.6. The minimum Gasteiger partial charge on any atom is -0.394 e. The second-order valence-corrected chi connectivity index (χ2v) is 6.59. The largest absolute Gasteiger partial charge is 0.394 e. The Kier molecular flexibility index (Phi) is 3.89. The lowest BCUT2D eigenvalue weighted by molar-refractivity contribution is -0.187. The Morgan fingerprint density at radius 3 is 2.84 bits per heavy atom. The Bertz CT molecular complexity index is 874. The third kappa shape index (κ3) is 2.85. The molecular weight excluding hydrogens is 354 g/mol. The number of hydrogen-bond donors (Lipinski definition) is 3. The number of aromatic amines is 1. The molecule has 0 aromatic carbocycles. The monoisotopic (exact) mass is 369 g/mol. The normalized spacial score (nSPS) is 30.6. The van der Waals surface area contributed by atoms with Gasteiger partial charge in [0.25, 0.3) is 5.56 Å². The molecule has 0 radical (unpaired) electrons.